The Morgan fingerprint density at radius 2 is 2.23 bits per heavy atom. The second-order valence-electron chi connectivity index (χ2n) is 5.75. The first kappa shape index (κ1) is 14.8. The van der Waals surface area contributed by atoms with E-state index in [1.807, 2.05) is 36.1 Å². The van der Waals surface area contributed by atoms with E-state index in [9.17, 15) is 4.79 Å². The standard InChI is InChI=1S/C17H21N3O2/c1-11-8-15(17(21)20-7-6-18-10-12(20)2)14-9-13(22-3)4-5-16(14)19-11/h4-5,8-9,12,18H,6-7,10H2,1-3H3/t12-/m0/s1. The summed E-state index contributed by atoms with van der Waals surface area (Å²) in [5, 5.41) is 4.16. The third-order valence-electron chi connectivity index (χ3n) is 4.14. The number of carbonyl (C=O) groups excluding carboxylic acids is 1. The maximum Gasteiger partial charge on any atom is 0.254 e. The van der Waals surface area contributed by atoms with E-state index in [1.54, 1.807) is 7.11 Å². The number of ether oxygens (including phenoxy) is 1. The zero-order valence-corrected chi connectivity index (χ0v) is 13.2. The van der Waals surface area contributed by atoms with Crippen LogP contribution in [0.25, 0.3) is 10.9 Å². The molecule has 5 heteroatoms. The van der Waals surface area contributed by atoms with E-state index in [0.717, 1.165) is 42.0 Å². The summed E-state index contributed by atoms with van der Waals surface area (Å²) in [6, 6.07) is 7.73. The van der Waals surface area contributed by atoms with Crippen LogP contribution in [0.5, 0.6) is 5.75 Å². The molecule has 5 nitrogen and oxygen atoms in total. The Bertz CT molecular complexity index is 714. The minimum absolute atomic E-state index is 0.0674. The molecule has 3 rings (SSSR count). The minimum atomic E-state index is 0.0674. The van der Waals surface area contributed by atoms with Gasteiger partial charge in [-0.2, -0.15) is 0 Å². The largest absolute Gasteiger partial charge is 0.497 e. The molecule has 2 aromatic rings. The van der Waals surface area contributed by atoms with Crippen molar-refractivity contribution in [2.45, 2.75) is 19.9 Å². The van der Waals surface area contributed by atoms with Crippen LogP contribution in [0.15, 0.2) is 24.3 Å². The molecule has 0 unspecified atom stereocenters. The van der Waals surface area contributed by atoms with Gasteiger partial charge in [-0.15, -0.1) is 0 Å². The number of benzene rings is 1. The molecule has 1 aromatic heterocycles. The number of carbonyl (C=O) groups is 1. The second-order valence-corrected chi connectivity index (χ2v) is 5.75. The number of piperazine rings is 1. The molecule has 116 valence electrons. The summed E-state index contributed by atoms with van der Waals surface area (Å²) >= 11 is 0. The zero-order chi connectivity index (χ0) is 15.7. The van der Waals surface area contributed by atoms with Crippen LogP contribution in [-0.2, 0) is 0 Å². The van der Waals surface area contributed by atoms with Gasteiger partial charge in [0.2, 0.25) is 0 Å². The summed E-state index contributed by atoms with van der Waals surface area (Å²) in [6.45, 7) is 6.38. The molecule has 1 amide bonds. The van der Waals surface area contributed by atoms with E-state index in [2.05, 4.69) is 17.2 Å². The fraction of sp³-hybridized carbons (Fsp3) is 0.412. The van der Waals surface area contributed by atoms with Gasteiger partial charge in [0, 0.05) is 36.8 Å². The summed E-state index contributed by atoms with van der Waals surface area (Å²) in [6.07, 6.45) is 0. The number of hydrogen-bond acceptors (Lipinski definition) is 4. The smallest absolute Gasteiger partial charge is 0.254 e. The van der Waals surface area contributed by atoms with Gasteiger partial charge in [-0.05, 0) is 38.1 Å². The Morgan fingerprint density at radius 1 is 1.41 bits per heavy atom. The Balaban J connectivity index is 2.09. The molecule has 2 heterocycles. The van der Waals surface area contributed by atoms with Crippen LogP contribution in [0, 0.1) is 6.92 Å². The molecule has 1 atom stereocenters. The molecule has 0 spiro atoms. The number of nitrogens with one attached hydrogen (secondary N) is 1. The summed E-state index contributed by atoms with van der Waals surface area (Å²) in [5.41, 5.74) is 2.38. The van der Waals surface area contributed by atoms with Crippen molar-refractivity contribution in [3.05, 3.63) is 35.5 Å². The first-order valence-electron chi connectivity index (χ1n) is 7.57. The van der Waals surface area contributed by atoms with Crippen molar-refractivity contribution in [1.82, 2.24) is 15.2 Å². The summed E-state index contributed by atoms with van der Waals surface area (Å²) in [5.74, 6) is 0.804. The van der Waals surface area contributed by atoms with Gasteiger partial charge in [-0.3, -0.25) is 9.78 Å². The van der Waals surface area contributed by atoms with E-state index in [4.69, 9.17) is 4.74 Å². The Hall–Kier alpha value is -2.14. The molecule has 1 aromatic carbocycles. The topological polar surface area (TPSA) is 54.5 Å². The molecule has 0 bridgehead atoms. The van der Waals surface area contributed by atoms with Crippen LogP contribution in [0.3, 0.4) is 0 Å². The highest BCUT2D eigenvalue weighted by molar-refractivity contribution is 6.06. The van der Waals surface area contributed by atoms with Crippen LogP contribution in [0.2, 0.25) is 0 Å². The molecular weight excluding hydrogens is 278 g/mol. The number of aryl methyl sites for hydroxylation is 1. The molecule has 1 fully saturated rings. The summed E-state index contributed by atoms with van der Waals surface area (Å²) in [4.78, 5) is 19.5. The van der Waals surface area contributed by atoms with Gasteiger partial charge in [0.25, 0.3) is 5.91 Å². The van der Waals surface area contributed by atoms with Crippen molar-refractivity contribution in [3.8, 4) is 5.75 Å². The average molecular weight is 299 g/mol. The van der Waals surface area contributed by atoms with Crippen molar-refractivity contribution >= 4 is 16.8 Å². The molecular formula is C17H21N3O2. The number of aromatic nitrogens is 1. The SMILES string of the molecule is COc1ccc2nc(C)cc(C(=O)N3CCNC[C@@H]3C)c2c1. The highest BCUT2D eigenvalue weighted by atomic mass is 16.5. The van der Waals surface area contributed by atoms with Gasteiger partial charge >= 0.3 is 0 Å². The first-order valence-corrected chi connectivity index (χ1v) is 7.57. The predicted octanol–water partition coefficient (Wildman–Crippen LogP) is 1.99. The number of nitrogens with zero attached hydrogens (tertiary/aromatic N) is 2. The quantitative estimate of drug-likeness (QED) is 0.921. The maximum absolute atomic E-state index is 13.0. The average Bonchev–Trinajstić information content (AvgIpc) is 2.53. The van der Waals surface area contributed by atoms with Crippen LogP contribution in [0.4, 0.5) is 0 Å². The van der Waals surface area contributed by atoms with E-state index in [0.29, 0.717) is 5.56 Å². The van der Waals surface area contributed by atoms with Crippen molar-refractivity contribution in [2.75, 3.05) is 26.7 Å². The van der Waals surface area contributed by atoms with Crippen LogP contribution < -0.4 is 10.1 Å². The molecule has 1 aliphatic rings. The monoisotopic (exact) mass is 299 g/mol. The highest BCUT2D eigenvalue weighted by Gasteiger charge is 2.25. The second kappa shape index (κ2) is 5.93. The van der Waals surface area contributed by atoms with Crippen LogP contribution in [0.1, 0.15) is 23.0 Å². The van der Waals surface area contributed by atoms with E-state index in [-0.39, 0.29) is 11.9 Å². The maximum atomic E-state index is 13.0. The lowest BCUT2D eigenvalue weighted by molar-refractivity contribution is 0.0657. The fourth-order valence-electron chi connectivity index (χ4n) is 2.94. The van der Waals surface area contributed by atoms with Crippen molar-refractivity contribution in [3.63, 3.8) is 0 Å². The van der Waals surface area contributed by atoms with Crippen molar-refractivity contribution < 1.29 is 9.53 Å². The molecule has 0 radical (unpaired) electrons. The van der Waals surface area contributed by atoms with Crippen molar-refractivity contribution in [2.24, 2.45) is 0 Å². The molecule has 1 saturated heterocycles. The summed E-state index contributed by atoms with van der Waals surface area (Å²) in [7, 11) is 1.63. The number of hydrogen-bond donors (Lipinski definition) is 1. The van der Waals surface area contributed by atoms with Crippen molar-refractivity contribution in [1.29, 1.82) is 0 Å². The van der Waals surface area contributed by atoms with Crippen LogP contribution in [-0.4, -0.2) is 48.6 Å². The summed E-state index contributed by atoms with van der Waals surface area (Å²) < 4.78 is 5.29. The van der Waals surface area contributed by atoms with Gasteiger partial charge in [0.1, 0.15) is 5.75 Å². The zero-order valence-electron chi connectivity index (χ0n) is 13.2. The third kappa shape index (κ3) is 2.64. The van der Waals surface area contributed by atoms with Gasteiger partial charge in [-0.25, -0.2) is 0 Å². The number of amides is 1. The van der Waals surface area contributed by atoms with Crippen LogP contribution >= 0.6 is 0 Å². The molecule has 1 aliphatic heterocycles. The lowest BCUT2D eigenvalue weighted by Crippen LogP contribution is -2.52. The number of methoxy groups -OCH3 is 1. The van der Waals surface area contributed by atoms with E-state index in [1.165, 1.54) is 0 Å². The molecule has 22 heavy (non-hydrogen) atoms. The Morgan fingerprint density at radius 3 is 2.95 bits per heavy atom. The molecule has 0 aliphatic carbocycles. The number of fused-ring (bicyclic) bond motifs is 1. The minimum Gasteiger partial charge on any atom is -0.497 e. The Kier molecular flexibility index (Phi) is 3.98. The van der Waals surface area contributed by atoms with Gasteiger partial charge < -0.3 is 15.0 Å². The Labute approximate surface area is 130 Å². The molecule has 1 N–H and O–H groups in total. The third-order valence-corrected chi connectivity index (χ3v) is 4.14. The van der Waals surface area contributed by atoms with Gasteiger partial charge in [0.05, 0.1) is 18.2 Å². The normalized spacial score (nSPS) is 18.5. The lowest BCUT2D eigenvalue weighted by Gasteiger charge is -2.34. The van der Waals surface area contributed by atoms with E-state index >= 15 is 0 Å². The highest BCUT2D eigenvalue weighted by Crippen LogP contribution is 2.25. The van der Waals surface area contributed by atoms with E-state index < -0.39 is 0 Å². The van der Waals surface area contributed by atoms with Gasteiger partial charge in [-0.1, -0.05) is 0 Å². The van der Waals surface area contributed by atoms with Gasteiger partial charge in [0.15, 0.2) is 0 Å². The lowest BCUT2D eigenvalue weighted by atomic mass is 10.0. The number of pyridine rings is 1. The first-order chi connectivity index (χ1) is 10.6. The number of rotatable bonds is 2. The predicted molar refractivity (Wildman–Crippen MR) is 86.4 cm³/mol. The molecule has 0 saturated carbocycles. The fourth-order valence-corrected chi connectivity index (χ4v) is 2.94.